The first-order chi connectivity index (χ1) is 17.8. The number of aromatic nitrogens is 1. The van der Waals surface area contributed by atoms with Crippen LogP contribution < -0.4 is 4.74 Å². The Balaban J connectivity index is 1.50. The van der Waals surface area contributed by atoms with Gasteiger partial charge in [0.2, 0.25) is 0 Å². The van der Waals surface area contributed by atoms with Crippen molar-refractivity contribution in [1.82, 2.24) is 9.47 Å². The van der Waals surface area contributed by atoms with Gasteiger partial charge in [0.25, 0.3) is 0 Å². The Morgan fingerprint density at radius 1 is 1.08 bits per heavy atom. The van der Waals surface area contributed by atoms with Crippen LogP contribution in [-0.4, -0.2) is 43.9 Å². The van der Waals surface area contributed by atoms with Crippen molar-refractivity contribution in [3.05, 3.63) is 76.6 Å². The van der Waals surface area contributed by atoms with E-state index in [1.807, 2.05) is 12.1 Å². The van der Waals surface area contributed by atoms with Gasteiger partial charge < -0.3 is 20.1 Å². The molecule has 198 valence electrons. The van der Waals surface area contributed by atoms with Crippen LogP contribution in [0.1, 0.15) is 49.3 Å². The maximum atomic E-state index is 15.0. The van der Waals surface area contributed by atoms with E-state index in [0.29, 0.717) is 23.0 Å². The van der Waals surface area contributed by atoms with Gasteiger partial charge in [-0.05, 0) is 54.2 Å². The molecule has 4 rings (SSSR count). The van der Waals surface area contributed by atoms with Gasteiger partial charge >= 0.3 is 5.97 Å². The summed E-state index contributed by atoms with van der Waals surface area (Å²) in [6, 6.07) is 14.3. The standard InChI is InChI=1S/C28H32ClFN2O5/c29-22-8-6-21(7-9-22)24(16-28(35)36)31(17-19-3-1-2-4-19)18-20-5-10-25(23(30)15-20)37-14-13-32-26(33)11-12-27(32)34/h5-12,15,19,24,33-34H,1-4,13-14,16-18H2,(H,35,36). The fraction of sp³-hybridized carbons (Fsp3) is 0.393. The van der Waals surface area contributed by atoms with Crippen LogP contribution in [0.25, 0.3) is 0 Å². The largest absolute Gasteiger partial charge is 0.494 e. The molecule has 1 aliphatic carbocycles. The number of benzene rings is 2. The molecule has 1 fully saturated rings. The third kappa shape index (κ3) is 7.17. The molecule has 0 aliphatic heterocycles. The molecule has 37 heavy (non-hydrogen) atoms. The predicted octanol–water partition coefficient (Wildman–Crippen LogP) is 5.98. The summed E-state index contributed by atoms with van der Waals surface area (Å²) < 4.78 is 21.8. The van der Waals surface area contributed by atoms with Gasteiger partial charge in [-0.3, -0.25) is 14.3 Å². The summed E-state index contributed by atoms with van der Waals surface area (Å²) in [7, 11) is 0. The Kier molecular flexibility index (Phi) is 8.95. The monoisotopic (exact) mass is 530 g/mol. The number of aromatic hydroxyl groups is 2. The molecule has 1 saturated carbocycles. The lowest BCUT2D eigenvalue weighted by Crippen LogP contribution is -2.34. The molecule has 3 N–H and O–H groups in total. The summed E-state index contributed by atoms with van der Waals surface area (Å²) in [5, 5.41) is 29.7. The van der Waals surface area contributed by atoms with E-state index in [2.05, 4.69) is 4.90 Å². The third-order valence-electron chi connectivity index (χ3n) is 6.92. The quantitative estimate of drug-likeness (QED) is 0.267. The van der Waals surface area contributed by atoms with E-state index in [1.165, 1.54) is 35.6 Å². The second-order valence-corrected chi connectivity index (χ2v) is 10.00. The molecular weight excluding hydrogens is 499 g/mol. The van der Waals surface area contributed by atoms with E-state index in [1.54, 1.807) is 24.3 Å². The third-order valence-corrected chi connectivity index (χ3v) is 7.17. The fourth-order valence-electron chi connectivity index (χ4n) is 5.05. The molecule has 1 atom stereocenters. The van der Waals surface area contributed by atoms with Crippen molar-refractivity contribution in [3.63, 3.8) is 0 Å². The maximum Gasteiger partial charge on any atom is 0.305 e. The van der Waals surface area contributed by atoms with Gasteiger partial charge in [-0.25, -0.2) is 4.39 Å². The van der Waals surface area contributed by atoms with Gasteiger partial charge in [-0.2, -0.15) is 0 Å². The molecular formula is C28H32ClFN2O5. The Labute approximate surface area is 220 Å². The molecule has 1 aliphatic rings. The molecule has 0 bridgehead atoms. The molecule has 2 aromatic carbocycles. The number of ether oxygens (including phenoxy) is 1. The molecule has 0 radical (unpaired) electrons. The normalized spacial score (nSPS) is 14.8. The predicted molar refractivity (Wildman–Crippen MR) is 138 cm³/mol. The van der Waals surface area contributed by atoms with Crippen molar-refractivity contribution >= 4 is 17.6 Å². The highest BCUT2D eigenvalue weighted by Crippen LogP contribution is 2.33. The molecule has 0 spiro atoms. The van der Waals surface area contributed by atoms with Crippen LogP contribution in [0.5, 0.6) is 17.5 Å². The van der Waals surface area contributed by atoms with E-state index in [0.717, 1.165) is 24.9 Å². The lowest BCUT2D eigenvalue weighted by Gasteiger charge is -2.33. The first-order valence-electron chi connectivity index (χ1n) is 12.5. The van der Waals surface area contributed by atoms with Crippen molar-refractivity contribution in [2.24, 2.45) is 5.92 Å². The first kappa shape index (κ1) is 26.8. The molecule has 3 aromatic rings. The number of carboxylic acid groups (broad SMARTS) is 1. The summed E-state index contributed by atoms with van der Waals surface area (Å²) in [6.45, 7) is 1.32. The second-order valence-electron chi connectivity index (χ2n) is 9.56. The lowest BCUT2D eigenvalue weighted by molar-refractivity contribution is -0.138. The van der Waals surface area contributed by atoms with Gasteiger partial charge in [-0.1, -0.05) is 42.6 Å². The molecule has 7 nitrogen and oxygen atoms in total. The number of hydrogen-bond donors (Lipinski definition) is 3. The van der Waals surface area contributed by atoms with Crippen molar-refractivity contribution in [1.29, 1.82) is 0 Å². The first-order valence-corrected chi connectivity index (χ1v) is 12.9. The summed E-state index contributed by atoms with van der Waals surface area (Å²) in [6.07, 6.45) is 4.47. The van der Waals surface area contributed by atoms with E-state index in [9.17, 15) is 24.5 Å². The summed E-state index contributed by atoms with van der Waals surface area (Å²) in [5.74, 6) is -1.09. The summed E-state index contributed by atoms with van der Waals surface area (Å²) >= 11 is 6.07. The van der Waals surface area contributed by atoms with E-state index in [-0.39, 0.29) is 43.1 Å². The van der Waals surface area contributed by atoms with Crippen molar-refractivity contribution in [2.45, 2.75) is 51.2 Å². The smallest absolute Gasteiger partial charge is 0.305 e. The Morgan fingerprint density at radius 2 is 1.76 bits per heavy atom. The fourth-order valence-corrected chi connectivity index (χ4v) is 5.18. The summed E-state index contributed by atoms with van der Waals surface area (Å²) in [5.41, 5.74) is 1.58. The number of rotatable bonds is 12. The topological polar surface area (TPSA) is 95.2 Å². The van der Waals surface area contributed by atoms with Crippen LogP contribution in [0.15, 0.2) is 54.6 Å². The van der Waals surface area contributed by atoms with Gasteiger partial charge in [0, 0.05) is 36.3 Å². The van der Waals surface area contributed by atoms with Crippen molar-refractivity contribution in [3.8, 4) is 17.5 Å². The van der Waals surface area contributed by atoms with Crippen LogP contribution >= 0.6 is 11.6 Å². The van der Waals surface area contributed by atoms with E-state index in [4.69, 9.17) is 16.3 Å². The SMILES string of the molecule is O=C(O)CC(c1ccc(Cl)cc1)N(Cc1ccc(OCCn2c(O)ccc2O)c(F)c1)CC1CCCC1. The molecule has 1 aromatic heterocycles. The van der Waals surface area contributed by atoms with Crippen LogP contribution in [0, 0.1) is 11.7 Å². The minimum absolute atomic E-state index is 0.0527. The number of nitrogens with zero attached hydrogens (tertiary/aromatic N) is 2. The molecule has 1 unspecified atom stereocenters. The molecule has 0 amide bonds. The van der Waals surface area contributed by atoms with E-state index >= 15 is 0 Å². The zero-order valence-corrected chi connectivity index (χ0v) is 21.3. The average Bonchev–Trinajstić information content (AvgIpc) is 3.49. The van der Waals surface area contributed by atoms with Crippen LogP contribution in [-0.2, 0) is 17.9 Å². The minimum atomic E-state index is -0.897. The Hall–Kier alpha value is -3.23. The highest BCUT2D eigenvalue weighted by Gasteiger charge is 2.27. The van der Waals surface area contributed by atoms with Gasteiger partial charge in [0.1, 0.15) is 6.61 Å². The number of hydrogen-bond acceptors (Lipinski definition) is 5. The Morgan fingerprint density at radius 3 is 2.38 bits per heavy atom. The molecule has 1 heterocycles. The van der Waals surface area contributed by atoms with Crippen LogP contribution in [0.2, 0.25) is 5.02 Å². The van der Waals surface area contributed by atoms with Gasteiger partial charge in [0.15, 0.2) is 23.3 Å². The number of carboxylic acids is 1. The van der Waals surface area contributed by atoms with Crippen molar-refractivity contribution in [2.75, 3.05) is 13.2 Å². The van der Waals surface area contributed by atoms with Gasteiger partial charge in [0.05, 0.1) is 13.0 Å². The summed E-state index contributed by atoms with van der Waals surface area (Å²) in [4.78, 5) is 13.9. The van der Waals surface area contributed by atoms with Crippen molar-refractivity contribution < 1.29 is 29.2 Å². The second kappa shape index (κ2) is 12.3. The molecule has 0 saturated heterocycles. The lowest BCUT2D eigenvalue weighted by atomic mass is 9.98. The molecule has 9 heteroatoms. The van der Waals surface area contributed by atoms with Crippen LogP contribution in [0.4, 0.5) is 4.39 Å². The zero-order valence-electron chi connectivity index (χ0n) is 20.5. The average molecular weight is 531 g/mol. The van der Waals surface area contributed by atoms with E-state index < -0.39 is 11.8 Å². The highest BCUT2D eigenvalue weighted by molar-refractivity contribution is 6.30. The number of carbonyl (C=O) groups is 1. The number of aliphatic carboxylic acids is 1. The number of halogens is 2. The highest BCUT2D eigenvalue weighted by atomic mass is 35.5. The minimum Gasteiger partial charge on any atom is -0.494 e. The Bertz CT molecular complexity index is 1170. The van der Waals surface area contributed by atoms with Crippen LogP contribution in [0.3, 0.4) is 0 Å². The zero-order chi connectivity index (χ0) is 26.4. The van der Waals surface area contributed by atoms with Gasteiger partial charge in [-0.15, -0.1) is 0 Å². The maximum absolute atomic E-state index is 15.0.